The van der Waals surface area contributed by atoms with Gasteiger partial charge >= 0.3 is 12.5 Å². The number of halogens is 9. The Kier molecular flexibility index (Phi) is 7.42. The van der Waals surface area contributed by atoms with E-state index in [9.17, 15) is 39.5 Å². The lowest BCUT2D eigenvalue weighted by molar-refractivity contribution is -0.276. The molecule has 186 valence electrons. The summed E-state index contributed by atoms with van der Waals surface area (Å²) in [7, 11) is 0. The second kappa shape index (κ2) is 9.79. The summed E-state index contributed by atoms with van der Waals surface area (Å²) >= 11 is 0. The van der Waals surface area contributed by atoms with Crippen molar-refractivity contribution in [2.24, 2.45) is 5.92 Å². The van der Waals surface area contributed by atoms with Gasteiger partial charge in [0.2, 0.25) is 5.75 Å². The summed E-state index contributed by atoms with van der Waals surface area (Å²) < 4.78 is 130. The molecule has 0 amide bonds. The van der Waals surface area contributed by atoms with E-state index in [2.05, 4.69) is 9.47 Å². The highest BCUT2D eigenvalue weighted by molar-refractivity contribution is 5.37. The summed E-state index contributed by atoms with van der Waals surface area (Å²) in [6.07, 6.45) is -3.62. The Hall–Kier alpha value is -2.85. The van der Waals surface area contributed by atoms with E-state index in [0.29, 0.717) is 24.8 Å². The number of ether oxygens (including phenoxy) is 2. The zero-order chi connectivity index (χ0) is 25.3. The minimum absolute atomic E-state index is 0.00386. The van der Waals surface area contributed by atoms with Crippen molar-refractivity contribution >= 4 is 0 Å². The van der Waals surface area contributed by atoms with Gasteiger partial charge in [0, 0.05) is 12.1 Å². The van der Waals surface area contributed by atoms with Crippen molar-refractivity contribution in [1.29, 1.82) is 0 Å². The fraction of sp³-hybridized carbons (Fsp3) is 0.391. The second-order valence-corrected chi connectivity index (χ2v) is 7.85. The number of alkyl halides is 5. The maximum absolute atomic E-state index is 14.7. The molecular weight excluding hydrogens is 479 g/mol. The van der Waals surface area contributed by atoms with E-state index in [1.54, 1.807) is 0 Å². The van der Waals surface area contributed by atoms with Gasteiger partial charge in [-0.05, 0) is 56.1 Å². The predicted octanol–water partition coefficient (Wildman–Crippen LogP) is 8.12. The SMILES string of the molecule is C/C=C/C1CCC(c2ccc(C(F)(F)Oc3cc(F)c(OC(F)(F)F)c(F)c3)c(F)c2F)CC1. The zero-order valence-electron chi connectivity index (χ0n) is 17.7. The van der Waals surface area contributed by atoms with Gasteiger partial charge in [-0.15, -0.1) is 13.2 Å². The molecule has 1 aliphatic carbocycles. The van der Waals surface area contributed by atoms with E-state index in [1.807, 2.05) is 19.1 Å². The standard InChI is InChI=1S/C23H19F9O2/c1-2-3-12-4-6-13(7-5-12)15-8-9-16(20(27)19(15)26)22(28,29)33-14-10-17(24)21(18(25)11-14)34-23(30,31)32/h2-3,8-13H,4-7H2,1H3/b3-2+. The molecular formula is C23H19F9O2. The molecule has 0 radical (unpaired) electrons. The number of rotatable bonds is 6. The molecule has 11 heteroatoms. The van der Waals surface area contributed by atoms with Gasteiger partial charge in [0.05, 0.1) is 0 Å². The molecule has 2 aromatic carbocycles. The molecule has 1 aliphatic rings. The highest BCUT2D eigenvalue weighted by Crippen LogP contribution is 2.41. The Balaban J connectivity index is 1.82. The molecule has 0 unspecified atom stereocenters. The lowest BCUT2D eigenvalue weighted by atomic mass is 9.78. The van der Waals surface area contributed by atoms with Crippen LogP contribution in [0, 0.1) is 29.2 Å². The van der Waals surface area contributed by atoms with E-state index in [1.165, 1.54) is 0 Å². The Labute approximate surface area is 189 Å². The van der Waals surface area contributed by atoms with Gasteiger partial charge in [0.25, 0.3) is 0 Å². The second-order valence-electron chi connectivity index (χ2n) is 7.85. The maximum atomic E-state index is 14.7. The molecule has 0 spiro atoms. The molecule has 0 heterocycles. The molecule has 2 aromatic rings. The van der Waals surface area contributed by atoms with Gasteiger partial charge in [0.1, 0.15) is 11.3 Å². The normalized spacial score (nSPS) is 19.5. The number of allylic oxidation sites excluding steroid dienone is 2. The molecule has 1 fully saturated rings. The Morgan fingerprint density at radius 1 is 0.824 bits per heavy atom. The summed E-state index contributed by atoms with van der Waals surface area (Å²) in [5, 5.41) is 0. The first kappa shape index (κ1) is 25.8. The molecule has 3 rings (SSSR count). The third kappa shape index (κ3) is 5.79. The highest BCUT2D eigenvalue weighted by Gasteiger charge is 2.41. The van der Waals surface area contributed by atoms with Crippen LogP contribution in [0.2, 0.25) is 0 Å². The average molecular weight is 498 g/mol. The number of hydrogen-bond acceptors (Lipinski definition) is 2. The van der Waals surface area contributed by atoms with Crippen LogP contribution in [0.4, 0.5) is 39.5 Å². The minimum atomic E-state index is -5.44. The number of benzene rings is 2. The lowest BCUT2D eigenvalue weighted by Gasteiger charge is -2.28. The van der Waals surface area contributed by atoms with Crippen LogP contribution in [0.1, 0.15) is 49.7 Å². The highest BCUT2D eigenvalue weighted by atomic mass is 19.4. The molecule has 34 heavy (non-hydrogen) atoms. The fourth-order valence-electron chi connectivity index (χ4n) is 4.01. The van der Waals surface area contributed by atoms with Crippen LogP contribution in [-0.4, -0.2) is 6.36 Å². The fourth-order valence-corrected chi connectivity index (χ4v) is 4.01. The van der Waals surface area contributed by atoms with Crippen molar-refractivity contribution in [3.8, 4) is 11.5 Å². The van der Waals surface area contributed by atoms with Crippen LogP contribution in [0.5, 0.6) is 11.5 Å². The van der Waals surface area contributed by atoms with Crippen molar-refractivity contribution in [3.05, 3.63) is 70.8 Å². The summed E-state index contributed by atoms with van der Waals surface area (Å²) in [5.74, 6) is -10.6. The van der Waals surface area contributed by atoms with Gasteiger partial charge in [0.15, 0.2) is 23.3 Å². The van der Waals surface area contributed by atoms with Crippen LogP contribution in [0.15, 0.2) is 36.4 Å². The van der Waals surface area contributed by atoms with Gasteiger partial charge in [-0.2, -0.15) is 8.78 Å². The molecule has 2 nitrogen and oxygen atoms in total. The monoisotopic (exact) mass is 498 g/mol. The van der Waals surface area contributed by atoms with Crippen LogP contribution < -0.4 is 9.47 Å². The summed E-state index contributed by atoms with van der Waals surface area (Å²) in [4.78, 5) is 0. The number of hydrogen-bond donors (Lipinski definition) is 0. The van der Waals surface area contributed by atoms with Crippen molar-refractivity contribution in [1.82, 2.24) is 0 Å². The summed E-state index contributed by atoms with van der Waals surface area (Å²) in [6, 6.07) is 1.63. The predicted molar refractivity (Wildman–Crippen MR) is 103 cm³/mol. The first-order valence-corrected chi connectivity index (χ1v) is 10.2. The molecule has 1 saturated carbocycles. The molecule has 0 aliphatic heterocycles. The van der Waals surface area contributed by atoms with Crippen LogP contribution in [-0.2, 0) is 6.11 Å². The van der Waals surface area contributed by atoms with Crippen molar-refractivity contribution in [3.63, 3.8) is 0 Å². The maximum Gasteiger partial charge on any atom is 0.573 e. The van der Waals surface area contributed by atoms with Crippen LogP contribution in [0.3, 0.4) is 0 Å². The quantitative estimate of drug-likeness (QED) is 0.296. The van der Waals surface area contributed by atoms with E-state index in [4.69, 9.17) is 0 Å². The minimum Gasteiger partial charge on any atom is -0.429 e. The van der Waals surface area contributed by atoms with Crippen molar-refractivity contribution in [2.45, 2.75) is 51.0 Å². The van der Waals surface area contributed by atoms with Crippen LogP contribution >= 0.6 is 0 Å². The van der Waals surface area contributed by atoms with E-state index < -0.39 is 52.8 Å². The molecule has 0 bridgehead atoms. The van der Waals surface area contributed by atoms with Gasteiger partial charge < -0.3 is 9.47 Å². The first-order valence-electron chi connectivity index (χ1n) is 10.2. The van der Waals surface area contributed by atoms with E-state index in [0.717, 1.165) is 18.9 Å². The topological polar surface area (TPSA) is 18.5 Å². The third-order valence-electron chi connectivity index (χ3n) is 5.54. The van der Waals surface area contributed by atoms with Gasteiger partial charge in [-0.1, -0.05) is 18.2 Å². The lowest BCUT2D eigenvalue weighted by Crippen LogP contribution is -2.25. The summed E-state index contributed by atoms with van der Waals surface area (Å²) in [6.45, 7) is 1.87. The largest absolute Gasteiger partial charge is 0.573 e. The van der Waals surface area contributed by atoms with E-state index >= 15 is 0 Å². The Morgan fingerprint density at radius 3 is 1.94 bits per heavy atom. The molecule has 0 N–H and O–H groups in total. The molecule has 0 atom stereocenters. The molecule has 0 saturated heterocycles. The smallest absolute Gasteiger partial charge is 0.429 e. The summed E-state index contributed by atoms with van der Waals surface area (Å²) in [5.41, 5.74) is -1.60. The Bertz CT molecular complexity index is 1030. The Morgan fingerprint density at radius 2 is 1.41 bits per heavy atom. The van der Waals surface area contributed by atoms with Crippen LogP contribution in [0.25, 0.3) is 0 Å². The average Bonchev–Trinajstić information content (AvgIpc) is 2.72. The van der Waals surface area contributed by atoms with Gasteiger partial charge in [-0.3, -0.25) is 0 Å². The van der Waals surface area contributed by atoms with E-state index in [-0.39, 0.29) is 23.6 Å². The van der Waals surface area contributed by atoms with Crippen molar-refractivity contribution < 1.29 is 49.0 Å². The zero-order valence-corrected chi connectivity index (χ0v) is 17.7. The van der Waals surface area contributed by atoms with Gasteiger partial charge in [-0.25, -0.2) is 17.6 Å². The molecule has 0 aromatic heterocycles. The van der Waals surface area contributed by atoms with Crippen molar-refractivity contribution in [2.75, 3.05) is 0 Å². The first-order chi connectivity index (χ1) is 15.8. The third-order valence-corrected chi connectivity index (χ3v) is 5.54.